The maximum atomic E-state index is 14.0. The van der Waals surface area contributed by atoms with Gasteiger partial charge < -0.3 is 91.6 Å². The van der Waals surface area contributed by atoms with Crippen LogP contribution in [0.2, 0.25) is 5.02 Å². The van der Waals surface area contributed by atoms with Crippen molar-refractivity contribution in [2.75, 3.05) is 53.2 Å². The number of rotatable bonds is 24. The van der Waals surface area contributed by atoms with Gasteiger partial charge in [0.05, 0.1) is 68.4 Å². The molecule has 3 aliphatic heterocycles. The minimum atomic E-state index is -2.03. The molecule has 0 saturated carbocycles. The number of carbonyl (C=O) groups excluding carboxylic acids is 9. The molecule has 85 heavy (non-hydrogen) atoms. The van der Waals surface area contributed by atoms with Gasteiger partial charge >= 0.3 is 12.1 Å². The highest BCUT2D eigenvalue weighted by molar-refractivity contribution is 6.31. The number of aliphatic hydroxyl groups excluding tert-OH is 4. The molecule has 2 aromatic heterocycles. The number of aryl methyl sites for hydroxylation is 1. The number of pyridine rings is 2. The Bertz CT molecular complexity index is 3310. The average Bonchev–Trinajstić information content (AvgIpc) is 1.67. The first-order chi connectivity index (χ1) is 40.6. The van der Waals surface area contributed by atoms with Gasteiger partial charge in [0.15, 0.2) is 5.60 Å². The van der Waals surface area contributed by atoms with Gasteiger partial charge in [-0.15, -0.1) is 0 Å². The number of hydrogen-bond donors (Lipinski definition) is 13. The molecule has 13 N–H and O–H groups in total. The van der Waals surface area contributed by atoms with Crippen LogP contribution in [-0.2, 0) is 88.9 Å². The molecule has 29 nitrogen and oxygen atoms in total. The van der Waals surface area contributed by atoms with E-state index >= 15 is 0 Å². The molecule has 0 spiro atoms. The predicted molar refractivity (Wildman–Crippen MR) is 294 cm³/mol. The Morgan fingerprint density at radius 3 is 2.22 bits per heavy atom. The molecule has 8 amide bonds. The summed E-state index contributed by atoms with van der Waals surface area (Å²) in [7, 11) is 1.03. The summed E-state index contributed by atoms with van der Waals surface area (Å²) in [4.78, 5) is 135. The number of esters is 1. The first kappa shape index (κ1) is 62.9. The van der Waals surface area contributed by atoms with Gasteiger partial charge in [0.1, 0.15) is 62.5 Å². The van der Waals surface area contributed by atoms with Crippen LogP contribution in [0.15, 0.2) is 53.3 Å². The van der Waals surface area contributed by atoms with Crippen LogP contribution in [-0.4, -0.2) is 184 Å². The second-order valence-corrected chi connectivity index (χ2v) is 21.0. The van der Waals surface area contributed by atoms with Gasteiger partial charge in [0.2, 0.25) is 41.4 Å². The van der Waals surface area contributed by atoms with Crippen LogP contribution >= 0.6 is 11.6 Å². The van der Waals surface area contributed by atoms with E-state index in [4.69, 9.17) is 30.8 Å². The molecule has 1 fully saturated rings. The topological polar surface area (TPSA) is 423 Å². The van der Waals surface area contributed by atoms with E-state index in [9.17, 15) is 73.5 Å². The second-order valence-electron chi connectivity index (χ2n) is 20.6. The highest BCUT2D eigenvalue weighted by Crippen LogP contribution is 2.45. The number of aromatic nitrogens is 2. The third-order valence-corrected chi connectivity index (χ3v) is 15.3. The van der Waals surface area contributed by atoms with E-state index in [0.29, 0.717) is 45.9 Å². The number of aliphatic hydroxyl groups is 5. The standard InChI is InChI=1S/C55H65ClN10O19/c1-3-55(81)31-16-36-46-29(21-66(36)52(78)30(31)23-84-53(55)79)45-32(10-9-27-14-28(56)15-34(64-46)44(27)45)62-43(72)24-83-25-61-41(70)19-60-51(77)35(13-26-7-5-4-6-8-26)63-42(71)20-58-40(69)18-59-50(76)33(65-54(80)82-2)11-12-39(68)57-17-37-47(73)49(75)48(74)38(22-67)85-37/h4-8,14-16,32-33,35,37-38,47-49,67,73-75,81H,3,9-13,17-25H2,1-2H3,(H,57,68)(H,58,69)(H,59,76)(H,60,77)(H,61,70)(H,62,72)(H,63,71)(H,65,80)/t32-,33+,35+,37+,38-,47+,48-,49-,55+/m1/s1. The lowest BCUT2D eigenvalue weighted by molar-refractivity contribution is -0.227. The van der Waals surface area contributed by atoms with Gasteiger partial charge in [-0.3, -0.25) is 38.4 Å². The van der Waals surface area contributed by atoms with Crippen LogP contribution in [0.3, 0.4) is 0 Å². The third kappa shape index (κ3) is 14.5. The number of nitrogens with zero attached hydrogens (tertiary/aromatic N) is 2. The van der Waals surface area contributed by atoms with Gasteiger partial charge in [-0.2, -0.15) is 0 Å². The summed E-state index contributed by atoms with van der Waals surface area (Å²) in [6.45, 7) is -2.52. The molecule has 1 aliphatic carbocycles. The van der Waals surface area contributed by atoms with Crippen molar-refractivity contribution in [2.45, 2.75) is 113 Å². The van der Waals surface area contributed by atoms with Crippen molar-refractivity contribution >= 4 is 75.9 Å². The maximum absolute atomic E-state index is 14.0. The Kier molecular flexibility index (Phi) is 20.5. The molecule has 0 unspecified atom stereocenters. The van der Waals surface area contributed by atoms with Crippen LogP contribution in [0, 0.1) is 0 Å². The lowest BCUT2D eigenvalue weighted by Crippen LogP contribution is -2.60. The summed E-state index contributed by atoms with van der Waals surface area (Å²) < 4.78 is 22.2. The summed E-state index contributed by atoms with van der Waals surface area (Å²) in [5, 5.41) is 71.9. The SMILES string of the molecule is CC[C@@]1(O)C(=O)OCc2c1cc1n(c2=O)Cc2c-1nc1cc(Cl)cc3c1c2[C@H](NC(=O)COCNC(=O)CNC(=O)[C@H](Cc1ccccc1)NC(=O)CNC(=O)CNC(=O)[C@H](CCC(=O)NC[C@@H]1O[C@H](CO)[C@@H](O)[C@H](O)[C@H]1O)NC(=O)OC)CC3. The van der Waals surface area contributed by atoms with Crippen molar-refractivity contribution in [3.05, 3.63) is 97.3 Å². The van der Waals surface area contributed by atoms with Crippen LogP contribution in [0.4, 0.5) is 4.79 Å². The number of ether oxygens (including phenoxy) is 4. The molecule has 9 atom stereocenters. The van der Waals surface area contributed by atoms with Gasteiger partial charge in [0.25, 0.3) is 5.56 Å². The Morgan fingerprint density at radius 2 is 1.52 bits per heavy atom. The number of amides is 8. The van der Waals surface area contributed by atoms with Crippen LogP contribution < -0.4 is 48.1 Å². The number of benzene rings is 2. The van der Waals surface area contributed by atoms with Gasteiger partial charge in [-0.05, 0) is 60.6 Å². The molecule has 2 aromatic carbocycles. The molecule has 4 aliphatic rings. The monoisotopic (exact) mass is 1200 g/mol. The smallest absolute Gasteiger partial charge is 0.407 e. The summed E-state index contributed by atoms with van der Waals surface area (Å²) >= 11 is 6.54. The van der Waals surface area contributed by atoms with E-state index in [0.717, 1.165) is 23.6 Å². The Labute approximate surface area is 488 Å². The summed E-state index contributed by atoms with van der Waals surface area (Å²) in [5.74, 6) is -6.18. The minimum Gasteiger partial charge on any atom is -0.458 e. The van der Waals surface area contributed by atoms with Crippen molar-refractivity contribution in [3.63, 3.8) is 0 Å². The number of cyclic esters (lactones) is 1. The molecular weight excluding hydrogens is 1140 g/mol. The van der Waals surface area contributed by atoms with Crippen LogP contribution in [0.5, 0.6) is 0 Å². The van der Waals surface area contributed by atoms with E-state index < -0.39 is 153 Å². The Hall–Kier alpha value is -8.16. The average molecular weight is 1210 g/mol. The fourth-order valence-corrected chi connectivity index (χ4v) is 10.8. The van der Waals surface area contributed by atoms with Crippen LogP contribution in [0.1, 0.15) is 72.0 Å². The third-order valence-electron chi connectivity index (χ3n) is 15.0. The van der Waals surface area contributed by atoms with Crippen molar-refractivity contribution in [3.8, 4) is 11.4 Å². The van der Waals surface area contributed by atoms with E-state index in [2.05, 4.69) is 47.3 Å². The van der Waals surface area contributed by atoms with Crippen molar-refractivity contribution in [1.29, 1.82) is 0 Å². The molecule has 1 saturated heterocycles. The first-order valence-electron chi connectivity index (χ1n) is 27.2. The number of alkyl carbamates (subject to hydrolysis) is 1. The largest absolute Gasteiger partial charge is 0.458 e. The van der Waals surface area contributed by atoms with Crippen molar-refractivity contribution in [2.24, 2.45) is 0 Å². The minimum absolute atomic E-state index is 0.0357. The molecule has 30 heteroatoms. The first-order valence-corrected chi connectivity index (χ1v) is 27.5. The summed E-state index contributed by atoms with van der Waals surface area (Å²) in [5.41, 5.74) is 2.09. The van der Waals surface area contributed by atoms with Gasteiger partial charge in [-0.25, -0.2) is 14.6 Å². The van der Waals surface area contributed by atoms with Crippen molar-refractivity contribution in [1.82, 2.24) is 52.1 Å². The van der Waals surface area contributed by atoms with Crippen LogP contribution in [0.25, 0.3) is 22.3 Å². The number of hydrogen-bond acceptors (Lipinski definition) is 20. The highest BCUT2D eigenvalue weighted by atomic mass is 35.5. The van der Waals surface area contributed by atoms with E-state index in [1.165, 1.54) is 4.57 Å². The van der Waals surface area contributed by atoms with Crippen molar-refractivity contribution < 1.29 is 87.6 Å². The molecular formula is C55H65ClN10O19. The molecule has 0 bridgehead atoms. The lowest BCUT2D eigenvalue weighted by Gasteiger charge is -2.40. The quantitative estimate of drug-likeness (QED) is 0.0162. The van der Waals surface area contributed by atoms with Gasteiger partial charge in [0, 0.05) is 40.9 Å². The molecule has 0 radical (unpaired) electrons. The lowest BCUT2D eigenvalue weighted by atomic mass is 9.83. The molecule has 8 rings (SSSR count). The van der Waals surface area contributed by atoms with E-state index in [1.807, 2.05) is 6.07 Å². The number of nitrogens with one attached hydrogen (secondary N) is 8. The zero-order valence-electron chi connectivity index (χ0n) is 46.1. The Balaban J connectivity index is 0.792. The summed E-state index contributed by atoms with van der Waals surface area (Å²) in [6.07, 6.45) is -8.13. The maximum Gasteiger partial charge on any atom is 0.407 e. The second kappa shape index (κ2) is 27.7. The fraction of sp³-hybridized carbons (Fsp3) is 0.473. The normalized spacial score (nSPS) is 21.5. The molecule has 4 aromatic rings. The number of halogens is 1. The number of fused-ring (bicyclic) bond motifs is 5. The number of carbonyl (C=O) groups is 9. The Morgan fingerprint density at radius 1 is 0.824 bits per heavy atom. The molecule has 5 heterocycles. The zero-order valence-corrected chi connectivity index (χ0v) is 46.8. The summed E-state index contributed by atoms with van der Waals surface area (Å²) in [6, 6.07) is 10.4. The zero-order chi connectivity index (χ0) is 61.3. The number of methoxy groups -OCH3 is 1. The van der Waals surface area contributed by atoms with Gasteiger partial charge in [-0.1, -0.05) is 48.9 Å². The van der Waals surface area contributed by atoms with E-state index in [1.54, 1.807) is 49.4 Å². The highest BCUT2D eigenvalue weighted by Gasteiger charge is 2.47. The van der Waals surface area contributed by atoms with E-state index in [-0.39, 0.29) is 56.5 Å². The molecule has 456 valence electrons. The fourth-order valence-electron chi connectivity index (χ4n) is 10.6. The predicted octanol–water partition coefficient (Wildman–Crippen LogP) is -3.53.